The van der Waals surface area contributed by atoms with E-state index < -0.39 is 47.9 Å². The highest BCUT2D eigenvalue weighted by atomic mass is 16.7. The van der Waals surface area contributed by atoms with Crippen LogP contribution in [-0.4, -0.2) is 63.2 Å². The first-order valence-corrected chi connectivity index (χ1v) is 9.96. The fourth-order valence-corrected chi connectivity index (χ4v) is 2.79. The Morgan fingerprint density at radius 2 is 1.83 bits per heavy atom. The molecule has 7 heteroatoms. The van der Waals surface area contributed by atoms with Crippen LogP contribution in [0.2, 0.25) is 0 Å². The maximum atomic E-state index is 12.4. The second kappa shape index (κ2) is 10.5. The van der Waals surface area contributed by atoms with Crippen molar-refractivity contribution in [1.82, 2.24) is 0 Å². The molecule has 0 aromatic carbocycles. The monoisotopic (exact) mass is 412 g/mol. The molecule has 0 aromatic heterocycles. The van der Waals surface area contributed by atoms with E-state index in [-0.39, 0.29) is 0 Å². The van der Waals surface area contributed by atoms with Crippen LogP contribution in [0.4, 0.5) is 0 Å². The number of carbonyl (C=O) groups is 1. The second-order valence-electron chi connectivity index (χ2n) is 8.04. The molecule has 6 unspecified atom stereocenters. The fraction of sp³-hybridized carbons (Fsp3) is 0.682. The van der Waals surface area contributed by atoms with E-state index in [0.717, 1.165) is 0 Å². The summed E-state index contributed by atoms with van der Waals surface area (Å²) in [6.45, 7) is 15.9. The van der Waals surface area contributed by atoms with Gasteiger partial charge < -0.3 is 29.5 Å². The van der Waals surface area contributed by atoms with Crippen molar-refractivity contribution in [3.63, 3.8) is 0 Å². The van der Waals surface area contributed by atoms with Gasteiger partial charge in [-0.25, -0.2) is 4.79 Å². The minimum atomic E-state index is -1.39. The molecule has 7 nitrogen and oxygen atoms in total. The third kappa shape index (κ3) is 7.04. The van der Waals surface area contributed by atoms with Gasteiger partial charge in [0.15, 0.2) is 12.4 Å². The molecule has 1 aliphatic rings. The first kappa shape index (κ1) is 25.5. The lowest BCUT2D eigenvalue weighted by Crippen LogP contribution is -2.60. The van der Waals surface area contributed by atoms with Crippen LogP contribution in [0, 0.1) is 0 Å². The molecule has 0 bridgehead atoms. The quantitative estimate of drug-likeness (QED) is 0.287. The molecule has 0 saturated carbocycles. The van der Waals surface area contributed by atoms with E-state index in [1.807, 2.05) is 6.92 Å². The number of esters is 1. The number of rotatable bonds is 10. The molecule has 0 radical (unpaired) electrons. The summed E-state index contributed by atoms with van der Waals surface area (Å²) in [7, 11) is 0. The van der Waals surface area contributed by atoms with Crippen molar-refractivity contribution in [3.05, 3.63) is 37.0 Å². The lowest BCUT2D eigenvalue weighted by Gasteiger charge is -2.43. The lowest BCUT2D eigenvalue weighted by molar-refractivity contribution is -0.314. The summed E-state index contributed by atoms with van der Waals surface area (Å²) in [5, 5.41) is 30.8. The molecule has 0 spiro atoms. The van der Waals surface area contributed by atoms with E-state index in [2.05, 4.69) is 13.2 Å². The molecule has 1 rings (SSSR count). The maximum Gasteiger partial charge on any atom is 0.333 e. The van der Waals surface area contributed by atoms with Crippen LogP contribution in [0.1, 0.15) is 53.9 Å². The third-order valence-electron chi connectivity index (χ3n) is 5.40. The van der Waals surface area contributed by atoms with Gasteiger partial charge in [-0.15, -0.1) is 13.2 Å². The Balaban J connectivity index is 2.75. The first-order valence-electron chi connectivity index (χ1n) is 9.96. The number of aliphatic hydroxyl groups is 3. The summed E-state index contributed by atoms with van der Waals surface area (Å²) in [4.78, 5) is 12.4. The molecule has 3 N–H and O–H groups in total. The van der Waals surface area contributed by atoms with Crippen LogP contribution < -0.4 is 0 Å². The Morgan fingerprint density at radius 1 is 1.21 bits per heavy atom. The minimum absolute atomic E-state index is 0.336. The van der Waals surface area contributed by atoms with Gasteiger partial charge in [0.25, 0.3) is 0 Å². The van der Waals surface area contributed by atoms with Crippen LogP contribution in [0.15, 0.2) is 37.0 Å². The predicted molar refractivity (Wildman–Crippen MR) is 110 cm³/mol. The molecule has 1 fully saturated rings. The SMILES string of the molecule is C=CC(C)(O)CC/C=C(\C)C(=O)OC1C(C)OC(O[C@](C)(C=C)CC)C(O)C1O. The summed E-state index contributed by atoms with van der Waals surface area (Å²) in [6, 6.07) is 0. The number of ether oxygens (including phenoxy) is 3. The minimum Gasteiger partial charge on any atom is -0.453 e. The number of carbonyl (C=O) groups excluding carboxylic acids is 1. The Labute approximate surface area is 173 Å². The normalized spacial score (nSPS) is 32.0. The van der Waals surface area contributed by atoms with Gasteiger partial charge in [-0.1, -0.05) is 25.2 Å². The van der Waals surface area contributed by atoms with E-state index in [1.165, 1.54) is 6.08 Å². The average Bonchev–Trinajstić information content (AvgIpc) is 2.68. The van der Waals surface area contributed by atoms with Crippen molar-refractivity contribution in [2.45, 2.75) is 95.8 Å². The summed E-state index contributed by atoms with van der Waals surface area (Å²) in [5.74, 6) is -0.626. The van der Waals surface area contributed by atoms with Crippen LogP contribution in [0.5, 0.6) is 0 Å². The highest BCUT2D eigenvalue weighted by molar-refractivity contribution is 5.87. The Hall–Kier alpha value is -1.51. The highest BCUT2D eigenvalue weighted by Crippen LogP contribution is 2.29. The molecule has 1 heterocycles. The number of hydrogen-bond acceptors (Lipinski definition) is 7. The molecule has 0 amide bonds. The number of allylic oxidation sites excluding steroid dienone is 1. The molecular weight excluding hydrogens is 376 g/mol. The van der Waals surface area contributed by atoms with E-state index in [4.69, 9.17) is 14.2 Å². The van der Waals surface area contributed by atoms with Gasteiger partial charge >= 0.3 is 5.97 Å². The highest BCUT2D eigenvalue weighted by Gasteiger charge is 2.47. The van der Waals surface area contributed by atoms with Crippen molar-refractivity contribution in [3.8, 4) is 0 Å². The Bertz CT molecular complexity index is 612. The van der Waals surface area contributed by atoms with E-state index in [0.29, 0.717) is 24.8 Å². The van der Waals surface area contributed by atoms with Crippen molar-refractivity contribution < 1.29 is 34.3 Å². The second-order valence-corrected chi connectivity index (χ2v) is 8.04. The molecule has 1 saturated heterocycles. The fourth-order valence-electron chi connectivity index (χ4n) is 2.79. The zero-order chi connectivity index (χ0) is 22.4. The smallest absolute Gasteiger partial charge is 0.333 e. The topological polar surface area (TPSA) is 105 Å². The van der Waals surface area contributed by atoms with E-state index >= 15 is 0 Å². The van der Waals surface area contributed by atoms with Crippen molar-refractivity contribution in [2.75, 3.05) is 0 Å². The van der Waals surface area contributed by atoms with Gasteiger partial charge in [-0.2, -0.15) is 0 Å². The van der Waals surface area contributed by atoms with E-state index in [9.17, 15) is 20.1 Å². The largest absolute Gasteiger partial charge is 0.453 e. The Kier molecular flexibility index (Phi) is 9.24. The van der Waals surface area contributed by atoms with Gasteiger partial charge in [0.05, 0.1) is 17.3 Å². The molecule has 1 aliphatic heterocycles. The van der Waals surface area contributed by atoms with Crippen molar-refractivity contribution in [2.24, 2.45) is 0 Å². The van der Waals surface area contributed by atoms with Crippen molar-refractivity contribution >= 4 is 5.97 Å². The summed E-state index contributed by atoms with van der Waals surface area (Å²) >= 11 is 0. The molecule has 29 heavy (non-hydrogen) atoms. The van der Waals surface area contributed by atoms with E-state index in [1.54, 1.807) is 39.8 Å². The molecule has 166 valence electrons. The number of aliphatic hydroxyl groups excluding tert-OH is 2. The van der Waals surface area contributed by atoms with Crippen LogP contribution >= 0.6 is 0 Å². The third-order valence-corrected chi connectivity index (χ3v) is 5.40. The summed E-state index contributed by atoms with van der Waals surface area (Å²) < 4.78 is 16.9. The standard InChI is InChI=1S/C22H36O7/c1-8-21(6,26)13-11-12-14(4)19(25)28-18-15(5)27-20(17(24)16(18)23)29-22(7,9-2)10-3/h8-9,12,15-18,20,23-24,26H,1-2,10-11,13H2,3-7H3/b14-12+/t15?,16?,17?,18?,20?,21?,22-/m1/s1. The van der Waals surface area contributed by atoms with Crippen LogP contribution in [-0.2, 0) is 19.0 Å². The van der Waals surface area contributed by atoms with Crippen LogP contribution in [0.3, 0.4) is 0 Å². The molecule has 0 aliphatic carbocycles. The van der Waals surface area contributed by atoms with Gasteiger partial charge in [-0.3, -0.25) is 0 Å². The van der Waals surface area contributed by atoms with Crippen LogP contribution in [0.25, 0.3) is 0 Å². The van der Waals surface area contributed by atoms with Gasteiger partial charge in [-0.05, 0) is 47.0 Å². The summed E-state index contributed by atoms with van der Waals surface area (Å²) in [5.41, 5.74) is -1.40. The zero-order valence-electron chi connectivity index (χ0n) is 18.1. The predicted octanol–water partition coefficient (Wildman–Crippen LogP) is 2.40. The van der Waals surface area contributed by atoms with Gasteiger partial charge in [0, 0.05) is 5.57 Å². The first-order chi connectivity index (χ1) is 13.4. The zero-order valence-corrected chi connectivity index (χ0v) is 18.1. The maximum absolute atomic E-state index is 12.4. The van der Waals surface area contributed by atoms with Crippen molar-refractivity contribution in [1.29, 1.82) is 0 Å². The number of hydrogen-bond donors (Lipinski definition) is 3. The molecule has 0 aromatic rings. The Morgan fingerprint density at radius 3 is 2.34 bits per heavy atom. The molecular formula is C22H36O7. The summed E-state index contributed by atoms with van der Waals surface area (Å²) in [6.07, 6.45) is 0.612. The van der Waals surface area contributed by atoms with Gasteiger partial charge in [0.1, 0.15) is 12.2 Å². The lowest BCUT2D eigenvalue weighted by atomic mass is 9.98. The average molecular weight is 413 g/mol. The molecule has 7 atom stereocenters. The van der Waals surface area contributed by atoms with Gasteiger partial charge in [0.2, 0.25) is 0 Å².